The molecule has 1 aromatic heterocycles. The molecule has 9 heteroatoms. The van der Waals surface area contributed by atoms with E-state index in [9.17, 15) is 13.2 Å². The van der Waals surface area contributed by atoms with Crippen molar-refractivity contribution in [2.24, 2.45) is 0 Å². The Kier molecular flexibility index (Phi) is 4.85. The van der Waals surface area contributed by atoms with Crippen molar-refractivity contribution in [2.75, 3.05) is 10.5 Å². The van der Waals surface area contributed by atoms with Crippen LogP contribution in [0.2, 0.25) is 5.15 Å². The number of anilines is 1. The van der Waals surface area contributed by atoms with Gasteiger partial charge in [-0.25, -0.2) is 18.4 Å². The quantitative estimate of drug-likeness (QED) is 0.759. The summed E-state index contributed by atoms with van der Waals surface area (Å²) in [4.78, 5) is 17.8. The maximum absolute atomic E-state index is 11.6. The summed E-state index contributed by atoms with van der Waals surface area (Å²) in [6, 6.07) is 1.49. The first kappa shape index (κ1) is 14.7. The molecule has 0 amide bonds. The molecule has 2 N–H and O–H groups in total. The topological polar surface area (TPSA) is 109 Å². The molecule has 0 fully saturated rings. The van der Waals surface area contributed by atoms with E-state index >= 15 is 0 Å². The van der Waals surface area contributed by atoms with Gasteiger partial charge in [-0.1, -0.05) is 11.6 Å². The normalized spacial score (nSPS) is 11.2. The monoisotopic (exact) mass is 293 g/mol. The van der Waals surface area contributed by atoms with Gasteiger partial charge in [-0.05, 0) is 19.4 Å². The van der Waals surface area contributed by atoms with Crippen molar-refractivity contribution in [1.82, 2.24) is 9.97 Å². The largest absolute Gasteiger partial charge is 0.481 e. The Bertz CT molecular complexity index is 526. The van der Waals surface area contributed by atoms with Crippen LogP contribution in [0.25, 0.3) is 0 Å². The van der Waals surface area contributed by atoms with E-state index in [0.717, 1.165) is 0 Å². The van der Waals surface area contributed by atoms with Gasteiger partial charge in [-0.3, -0.25) is 9.52 Å². The van der Waals surface area contributed by atoms with E-state index in [-0.39, 0.29) is 29.7 Å². The first-order valence-electron chi connectivity index (χ1n) is 5.02. The second kappa shape index (κ2) is 5.96. The van der Waals surface area contributed by atoms with Gasteiger partial charge < -0.3 is 5.11 Å². The minimum absolute atomic E-state index is 0.0181. The Balaban J connectivity index is 2.67. The van der Waals surface area contributed by atoms with Crippen LogP contribution in [-0.4, -0.2) is 35.2 Å². The third-order valence-corrected chi connectivity index (χ3v) is 3.39. The number of carbonyl (C=O) groups is 1. The van der Waals surface area contributed by atoms with Crippen molar-refractivity contribution in [3.05, 3.63) is 16.9 Å². The molecule has 0 aromatic carbocycles. The molecule has 1 aromatic rings. The number of carboxylic acids is 1. The van der Waals surface area contributed by atoms with Crippen molar-refractivity contribution in [3.8, 4) is 0 Å². The van der Waals surface area contributed by atoms with Gasteiger partial charge in [0, 0.05) is 12.1 Å². The number of sulfonamides is 1. The lowest BCUT2D eigenvalue weighted by Gasteiger charge is -2.06. The number of nitrogens with one attached hydrogen (secondary N) is 1. The van der Waals surface area contributed by atoms with E-state index in [2.05, 4.69) is 14.7 Å². The highest BCUT2D eigenvalue weighted by molar-refractivity contribution is 7.92. The van der Waals surface area contributed by atoms with Gasteiger partial charge in [-0.15, -0.1) is 0 Å². The Morgan fingerprint density at radius 1 is 1.50 bits per heavy atom. The van der Waals surface area contributed by atoms with Gasteiger partial charge in [0.05, 0.1) is 5.75 Å². The predicted molar refractivity (Wildman–Crippen MR) is 66.1 cm³/mol. The van der Waals surface area contributed by atoms with Crippen LogP contribution in [0.4, 0.5) is 5.95 Å². The number of hydrogen-bond acceptors (Lipinski definition) is 5. The Hall–Kier alpha value is -1.41. The molecule has 0 aliphatic rings. The standard InChI is InChI=1S/C9H12ClN3O4S/c1-6-5-7(10)12-9(11-6)13-18(16,17)4-2-3-8(14)15/h5H,2-4H2,1H3,(H,14,15)(H,11,12,13). The average Bonchev–Trinajstić information content (AvgIpc) is 2.12. The molecule has 18 heavy (non-hydrogen) atoms. The second-order valence-corrected chi connectivity index (χ2v) is 5.80. The highest BCUT2D eigenvalue weighted by Crippen LogP contribution is 2.11. The van der Waals surface area contributed by atoms with E-state index in [1.165, 1.54) is 6.07 Å². The van der Waals surface area contributed by atoms with E-state index in [1.807, 2.05) is 0 Å². The summed E-state index contributed by atoms with van der Waals surface area (Å²) in [5.41, 5.74) is 0.526. The second-order valence-electron chi connectivity index (χ2n) is 3.57. The number of hydrogen-bond donors (Lipinski definition) is 2. The summed E-state index contributed by atoms with van der Waals surface area (Å²) < 4.78 is 25.3. The summed E-state index contributed by atoms with van der Waals surface area (Å²) in [5, 5.41) is 8.55. The highest BCUT2D eigenvalue weighted by atomic mass is 35.5. The SMILES string of the molecule is Cc1cc(Cl)nc(NS(=O)(=O)CCCC(=O)O)n1. The van der Waals surface area contributed by atoms with Crippen molar-refractivity contribution < 1.29 is 18.3 Å². The fraction of sp³-hybridized carbons (Fsp3) is 0.444. The van der Waals surface area contributed by atoms with Gasteiger partial charge in [-0.2, -0.15) is 0 Å². The number of aryl methyl sites for hydroxylation is 1. The smallest absolute Gasteiger partial charge is 0.303 e. The fourth-order valence-electron chi connectivity index (χ4n) is 1.18. The number of nitrogens with zero attached hydrogens (tertiary/aromatic N) is 2. The molecular weight excluding hydrogens is 282 g/mol. The molecule has 100 valence electrons. The first-order valence-corrected chi connectivity index (χ1v) is 7.05. The molecule has 0 bridgehead atoms. The number of carboxylic acid groups (broad SMARTS) is 1. The van der Waals surface area contributed by atoms with Crippen LogP contribution in [0.3, 0.4) is 0 Å². The summed E-state index contributed by atoms with van der Waals surface area (Å²) in [7, 11) is -3.66. The zero-order chi connectivity index (χ0) is 13.8. The molecule has 1 rings (SSSR count). The van der Waals surface area contributed by atoms with Crippen LogP contribution in [0.15, 0.2) is 6.07 Å². The van der Waals surface area contributed by atoms with Crippen LogP contribution in [0.1, 0.15) is 18.5 Å². The molecule has 0 radical (unpaired) electrons. The molecular formula is C9H12ClN3O4S. The average molecular weight is 294 g/mol. The summed E-state index contributed by atoms with van der Waals surface area (Å²) in [6.07, 6.45) is -0.194. The van der Waals surface area contributed by atoms with E-state index in [1.54, 1.807) is 6.92 Å². The Morgan fingerprint density at radius 2 is 2.17 bits per heavy atom. The van der Waals surface area contributed by atoms with Crippen molar-refractivity contribution in [2.45, 2.75) is 19.8 Å². The van der Waals surface area contributed by atoms with E-state index in [0.29, 0.717) is 5.69 Å². The highest BCUT2D eigenvalue weighted by Gasteiger charge is 2.13. The van der Waals surface area contributed by atoms with Gasteiger partial charge in [0.1, 0.15) is 5.15 Å². The third kappa shape index (κ3) is 5.28. The van der Waals surface area contributed by atoms with Crippen LogP contribution in [-0.2, 0) is 14.8 Å². The van der Waals surface area contributed by atoms with Crippen molar-refractivity contribution in [1.29, 1.82) is 0 Å². The number of rotatable bonds is 6. The van der Waals surface area contributed by atoms with Crippen LogP contribution >= 0.6 is 11.6 Å². The molecule has 1 heterocycles. The van der Waals surface area contributed by atoms with Crippen molar-refractivity contribution >= 4 is 33.5 Å². The van der Waals surface area contributed by atoms with E-state index in [4.69, 9.17) is 16.7 Å². The van der Waals surface area contributed by atoms with Gasteiger partial charge in [0.25, 0.3) is 0 Å². The number of aliphatic carboxylic acids is 1. The Labute approximate surface area is 109 Å². The number of aromatic nitrogens is 2. The Morgan fingerprint density at radius 3 is 2.72 bits per heavy atom. The number of halogens is 1. The molecule has 0 saturated carbocycles. The lowest BCUT2D eigenvalue weighted by Crippen LogP contribution is -2.19. The van der Waals surface area contributed by atoms with E-state index < -0.39 is 16.0 Å². The molecule has 0 spiro atoms. The van der Waals surface area contributed by atoms with Crippen LogP contribution in [0, 0.1) is 6.92 Å². The molecule has 7 nitrogen and oxygen atoms in total. The molecule has 0 aliphatic heterocycles. The minimum Gasteiger partial charge on any atom is -0.481 e. The molecule has 0 unspecified atom stereocenters. The maximum Gasteiger partial charge on any atom is 0.303 e. The summed E-state index contributed by atoms with van der Waals surface area (Å²) >= 11 is 5.66. The zero-order valence-corrected chi connectivity index (χ0v) is 11.1. The van der Waals surface area contributed by atoms with Gasteiger partial charge >= 0.3 is 5.97 Å². The minimum atomic E-state index is -3.66. The third-order valence-electron chi connectivity index (χ3n) is 1.87. The molecule has 0 aliphatic carbocycles. The lowest BCUT2D eigenvalue weighted by atomic mass is 10.3. The molecule has 0 saturated heterocycles. The first-order chi connectivity index (χ1) is 8.28. The zero-order valence-electron chi connectivity index (χ0n) is 9.55. The lowest BCUT2D eigenvalue weighted by molar-refractivity contribution is -0.137. The summed E-state index contributed by atoms with van der Waals surface area (Å²) in [6.45, 7) is 1.65. The fourth-order valence-corrected chi connectivity index (χ4v) is 2.41. The van der Waals surface area contributed by atoms with Gasteiger partial charge in [0.2, 0.25) is 16.0 Å². The predicted octanol–water partition coefficient (Wildman–Crippen LogP) is 1.04. The summed E-state index contributed by atoms with van der Waals surface area (Å²) in [5.74, 6) is -1.47. The van der Waals surface area contributed by atoms with Crippen molar-refractivity contribution in [3.63, 3.8) is 0 Å². The molecule has 0 atom stereocenters. The van der Waals surface area contributed by atoms with Crippen LogP contribution in [0.5, 0.6) is 0 Å². The van der Waals surface area contributed by atoms with Crippen LogP contribution < -0.4 is 4.72 Å². The van der Waals surface area contributed by atoms with Gasteiger partial charge in [0.15, 0.2) is 0 Å². The maximum atomic E-state index is 11.6.